The summed E-state index contributed by atoms with van der Waals surface area (Å²) < 4.78 is 0. The average molecular weight is 350 g/mol. The molecule has 5 heteroatoms. The number of anilines is 1. The zero-order chi connectivity index (χ0) is 18.5. The summed E-state index contributed by atoms with van der Waals surface area (Å²) in [6.07, 6.45) is 1.34. The number of amides is 2. The van der Waals surface area contributed by atoms with Crippen molar-refractivity contribution in [2.45, 2.75) is 19.8 Å². The van der Waals surface area contributed by atoms with Crippen molar-refractivity contribution in [2.24, 2.45) is 5.92 Å². The van der Waals surface area contributed by atoms with Gasteiger partial charge in [0.15, 0.2) is 5.78 Å². The first-order valence-corrected chi connectivity index (χ1v) is 8.81. The van der Waals surface area contributed by atoms with E-state index in [1.165, 1.54) is 6.92 Å². The summed E-state index contributed by atoms with van der Waals surface area (Å²) in [5.74, 6) is -0.0803. The minimum atomic E-state index is -0.139. The molecule has 134 valence electrons. The van der Waals surface area contributed by atoms with Gasteiger partial charge in [-0.2, -0.15) is 0 Å². The van der Waals surface area contributed by atoms with E-state index in [9.17, 15) is 14.4 Å². The van der Waals surface area contributed by atoms with Crippen LogP contribution in [-0.2, 0) is 4.79 Å². The number of piperidine rings is 1. The molecule has 0 bridgehead atoms. The highest BCUT2D eigenvalue weighted by Gasteiger charge is 2.28. The van der Waals surface area contributed by atoms with Gasteiger partial charge in [-0.25, -0.2) is 0 Å². The zero-order valence-corrected chi connectivity index (χ0v) is 14.8. The molecule has 0 spiro atoms. The molecule has 3 rings (SSSR count). The predicted octanol–water partition coefficient (Wildman–Crippen LogP) is 3.38. The number of hydrogen-bond donors (Lipinski definition) is 1. The Morgan fingerprint density at radius 2 is 1.50 bits per heavy atom. The Bertz CT molecular complexity index is 792. The van der Waals surface area contributed by atoms with E-state index in [4.69, 9.17) is 0 Å². The molecule has 26 heavy (non-hydrogen) atoms. The van der Waals surface area contributed by atoms with Gasteiger partial charge in [0, 0.05) is 42.7 Å². The Morgan fingerprint density at radius 1 is 0.885 bits per heavy atom. The fourth-order valence-corrected chi connectivity index (χ4v) is 3.26. The van der Waals surface area contributed by atoms with Crippen molar-refractivity contribution >= 4 is 23.3 Å². The van der Waals surface area contributed by atoms with Crippen LogP contribution in [0.2, 0.25) is 0 Å². The van der Waals surface area contributed by atoms with Crippen LogP contribution in [0.5, 0.6) is 0 Å². The van der Waals surface area contributed by atoms with Gasteiger partial charge >= 0.3 is 0 Å². The Morgan fingerprint density at radius 3 is 2.08 bits per heavy atom. The molecule has 0 aliphatic carbocycles. The lowest BCUT2D eigenvalue weighted by Gasteiger charge is -2.31. The number of carbonyl (C=O) groups excluding carboxylic acids is 3. The van der Waals surface area contributed by atoms with Gasteiger partial charge in [0.05, 0.1) is 0 Å². The van der Waals surface area contributed by atoms with E-state index < -0.39 is 0 Å². The standard InChI is InChI=1S/C21H22N2O3/c1-15(24)22-19-9-7-16(8-10-19)20(25)17-11-13-23(14-12-17)21(26)18-5-3-2-4-6-18/h2-10,17H,11-14H2,1H3,(H,22,24). The number of ketones is 1. The second kappa shape index (κ2) is 7.95. The van der Waals surface area contributed by atoms with Crippen LogP contribution in [0.1, 0.15) is 40.5 Å². The third-order valence-corrected chi connectivity index (χ3v) is 4.66. The summed E-state index contributed by atoms with van der Waals surface area (Å²) in [6, 6.07) is 16.2. The molecule has 2 aromatic carbocycles. The Balaban J connectivity index is 1.58. The topological polar surface area (TPSA) is 66.5 Å². The number of nitrogens with zero attached hydrogens (tertiary/aromatic N) is 1. The first-order chi connectivity index (χ1) is 12.5. The third kappa shape index (κ3) is 4.17. The van der Waals surface area contributed by atoms with Crippen LogP contribution in [0.4, 0.5) is 5.69 Å². The van der Waals surface area contributed by atoms with Crippen molar-refractivity contribution in [2.75, 3.05) is 18.4 Å². The molecule has 1 saturated heterocycles. The third-order valence-electron chi connectivity index (χ3n) is 4.66. The fraction of sp³-hybridized carbons (Fsp3) is 0.286. The summed E-state index contributed by atoms with van der Waals surface area (Å²) in [6.45, 7) is 2.63. The molecule has 0 unspecified atom stereocenters. The molecular formula is C21H22N2O3. The van der Waals surface area contributed by atoms with Gasteiger partial charge in [0.2, 0.25) is 5.91 Å². The van der Waals surface area contributed by atoms with Crippen LogP contribution in [0.3, 0.4) is 0 Å². The minimum Gasteiger partial charge on any atom is -0.339 e. The molecule has 0 atom stereocenters. The van der Waals surface area contributed by atoms with Crippen LogP contribution in [0, 0.1) is 5.92 Å². The summed E-state index contributed by atoms with van der Waals surface area (Å²) in [4.78, 5) is 38.0. The quantitative estimate of drug-likeness (QED) is 0.860. The molecule has 0 radical (unpaired) electrons. The Hall–Kier alpha value is -2.95. The summed E-state index contributed by atoms with van der Waals surface area (Å²) >= 11 is 0. The van der Waals surface area contributed by atoms with Gasteiger partial charge in [0.1, 0.15) is 0 Å². The van der Waals surface area contributed by atoms with E-state index in [1.807, 2.05) is 35.2 Å². The number of rotatable bonds is 4. The molecule has 1 heterocycles. The number of hydrogen-bond acceptors (Lipinski definition) is 3. The lowest BCUT2D eigenvalue weighted by atomic mass is 9.88. The normalized spacial score (nSPS) is 14.7. The van der Waals surface area contributed by atoms with E-state index in [2.05, 4.69) is 5.32 Å². The zero-order valence-electron chi connectivity index (χ0n) is 14.8. The van der Waals surface area contributed by atoms with Crippen LogP contribution in [0.15, 0.2) is 54.6 Å². The first kappa shape index (κ1) is 17.9. The number of nitrogens with one attached hydrogen (secondary N) is 1. The fourth-order valence-electron chi connectivity index (χ4n) is 3.26. The second-order valence-corrected chi connectivity index (χ2v) is 6.56. The maximum atomic E-state index is 12.7. The molecule has 2 amide bonds. The van der Waals surface area contributed by atoms with Gasteiger partial charge in [-0.05, 0) is 49.2 Å². The SMILES string of the molecule is CC(=O)Nc1ccc(C(=O)C2CCN(C(=O)c3ccccc3)CC2)cc1. The Labute approximate surface area is 153 Å². The molecule has 2 aromatic rings. The molecule has 1 aliphatic heterocycles. The van der Waals surface area contributed by atoms with Crippen LogP contribution in [-0.4, -0.2) is 35.6 Å². The van der Waals surface area contributed by atoms with E-state index in [-0.39, 0.29) is 23.5 Å². The van der Waals surface area contributed by atoms with E-state index in [0.717, 1.165) is 0 Å². The molecule has 1 fully saturated rings. The highest BCUT2D eigenvalue weighted by atomic mass is 16.2. The largest absolute Gasteiger partial charge is 0.339 e. The predicted molar refractivity (Wildman–Crippen MR) is 100 cm³/mol. The number of carbonyl (C=O) groups is 3. The van der Waals surface area contributed by atoms with Crippen LogP contribution < -0.4 is 5.32 Å². The van der Waals surface area contributed by atoms with Crippen molar-refractivity contribution in [3.8, 4) is 0 Å². The van der Waals surface area contributed by atoms with Crippen molar-refractivity contribution in [3.63, 3.8) is 0 Å². The van der Waals surface area contributed by atoms with Crippen molar-refractivity contribution in [3.05, 3.63) is 65.7 Å². The molecule has 1 aliphatic rings. The molecule has 5 nitrogen and oxygen atoms in total. The number of likely N-dealkylation sites (tertiary alicyclic amines) is 1. The maximum absolute atomic E-state index is 12.7. The Kier molecular flexibility index (Phi) is 5.46. The van der Waals surface area contributed by atoms with Gasteiger partial charge in [-0.3, -0.25) is 14.4 Å². The van der Waals surface area contributed by atoms with E-state index in [0.29, 0.717) is 42.7 Å². The number of benzene rings is 2. The van der Waals surface area contributed by atoms with Crippen molar-refractivity contribution in [1.82, 2.24) is 4.90 Å². The van der Waals surface area contributed by atoms with Gasteiger partial charge in [0.25, 0.3) is 5.91 Å². The molecule has 1 N–H and O–H groups in total. The minimum absolute atomic E-state index is 0.0242. The van der Waals surface area contributed by atoms with Crippen molar-refractivity contribution < 1.29 is 14.4 Å². The highest BCUT2D eigenvalue weighted by Crippen LogP contribution is 2.23. The summed E-state index contributed by atoms with van der Waals surface area (Å²) in [5, 5.41) is 2.69. The summed E-state index contributed by atoms with van der Waals surface area (Å²) in [7, 11) is 0. The van der Waals surface area contributed by atoms with Gasteiger partial charge < -0.3 is 10.2 Å². The second-order valence-electron chi connectivity index (χ2n) is 6.56. The maximum Gasteiger partial charge on any atom is 0.253 e. The van der Waals surface area contributed by atoms with Crippen LogP contribution in [0.25, 0.3) is 0 Å². The van der Waals surface area contributed by atoms with E-state index >= 15 is 0 Å². The number of Topliss-reactive ketones (excluding diaryl/α,β-unsaturated/α-hetero) is 1. The smallest absolute Gasteiger partial charge is 0.253 e. The molecular weight excluding hydrogens is 328 g/mol. The lowest BCUT2D eigenvalue weighted by molar-refractivity contribution is -0.114. The molecule has 0 aromatic heterocycles. The van der Waals surface area contributed by atoms with Crippen LogP contribution >= 0.6 is 0 Å². The lowest BCUT2D eigenvalue weighted by Crippen LogP contribution is -2.40. The van der Waals surface area contributed by atoms with Gasteiger partial charge in [-0.1, -0.05) is 18.2 Å². The monoisotopic (exact) mass is 350 g/mol. The van der Waals surface area contributed by atoms with Crippen molar-refractivity contribution in [1.29, 1.82) is 0 Å². The highest BCUT2D eigenvalue weighted by molar-refractivity contribution is 5.99. The average Bonchev–Trinajstić information content (AvgIpc) is 2.68. The van der Waals surface area contributed by atoms with Gasteiger partial charge in [-0.15, -0.1) is 0 Å². The van der Waals surface area contributed by atoms with E-state index in [1.54, 1.807) is 24.3 Å². The molecule has 0 saturated carbocycles. The first-order valence-electron chi connectivity index (χ1n) is 8.81. The summed E-state index contributed by atoms with van der Waals surface area (Å²) in [5.41, 5.74) is 2.01.